The number of carboxylic acid groups (broad SMARTS) is 1. The molecule has 13 heteroatoms. The molecule has 5 atom stereocenters. The number of nitrogens with one attached hydrogen (secondary N) is 1. The van der Waals surface area contributed by atoms with E-state index in [0.29, 0.717) is 6.42 Å². The maximum atomic E-state index is 12.8. The van der Waals surface area contributed by atoms with E-state index < -0.39 is 60.5 Å². The van der Waals surface area contributed by atoms with Crippen molar-refractivity contribution in [1.82, 2.24) is 5.32 Å². The van der Waals surface area contributed by atoms with Gasteiger partial charge in [-0.1, -0.05) is 64.2 Å². The molecule has 0 unspecified atom stereocenters. The lowest BCUT2D eigenvalue weighted by molar-refractivity contribution is -0.257. The average molecular weight is 616 g/mol. The normalized spacial score (nSPS) is 21.3. The summed E-state index contributed by atoms with van der Waals surface area (Å²) in [6, 6.07) is 0. The molecule has 1 fully saturated rings. The Morgan fingerprint density at radius 2 is 1.00 bits per heavy atom. The van der Waals surface area contributed by atoms with Gasteiger partial charge in [0.2, 0.25) is 5.91 Å². The highest BCUT2D eigenvalue weighted by Gasteiger charge is 2.52. The van der Waals surface area contributed by atoms with Crippen LogP contribution in [0.15, 0.2) is 0 Å². The van der Waals surface area contributed by atoms with Crippen molar-refractivity contribution in [3.63, 3.8) is 0 Å². The summed E-state index contributed by atoms with van der Waals surface area (Å²) < 4.78 is 27.0. The average Bonchev–Trinajstić information content (AvgIpc) is 2.90. The number of hydrogen-bond donors (Lipinski definition) is 2. The number of carboxylic acids is 1. The number of carbonyl (C=O) groups excluding carboxylic acids is 5. The number of unbranched alkanes of at least 4 members (excludes halogenated alkanes) is 11. The zero-order valence-corrected chi connectivity index (χ0v) is 25.9. The minimum absolute atomic E-state index is 0.189. The Kier molecular flexibility index (Phi) is 18.9. The molecule has 246 valence electrons. The lowest BCUT2D eigenvalue weighted by Gasteiger charge is -2.44. The molecular weight excluding hydrogens is 566 g/mol. The van der Waals surface area contributed by atoms with Gasteiger partial charge in [-0.2, -0.15) is 0 Å². The summed E-state index contributed by atoms with van der Waals surface area (Å²) in [5.74, 6) is -3.94. The first-order chi connectivity index (χ1) is 20.4. The number of amides is 1. The van der Waals surface area contributed by atoms with Crippen LogP contribution in [0.2, 0.25) is 0 Å². The van der Waals surface area contributed by atoms with Crippen LogP contribution in [-0.4, -0.2) is 78.1 Å². The van der Waals surface area contributed by atoms with Crippen LogP contribution in [0.4, 0.5) is 0 Å². The maximum absolute atomic E-state index is 12.8. The fourth-order valence-corrected chi connectivity index (χ4v) is 4.90. The van der Waals surface area contributed by atoms with E-state index in [9.17, 15) is 28.8 Å². The van der Waals surface area contributed by atoms with Crippen LogP contribution in [0, 0.1) is 0 Å². The van der Waals surface area contributed by atoms with E-state index in [2.05, 4.69) is 5.32 Å². The van der Waals surface area contributed by atoms with E-state index in [0.717, 1.165) is 91.4 Å². The minimum atomic E-state index is -1.33. The highest BCUT2D eigenvalue weighted by atomic mass is 16.7. The Labute approximate surface area is 253 Å². The Morgan fingerprint density at radius 3 is 1.44 bits per heavy atom. The highest BCUT2D eigenvalue weighted by Crippen LogP contribution is 2.28. The molecule has 1 aliphatic rings. The van der Waals surface area contributed by atoms with Gasteiger partial charge in [0.05, 0.1) is 0 Å². The van der Waals surface area contributed by atoms with E-state index in [-0.39, 0.29) is 25.4 Å². The largest absolute Gasteiger partial charge is 0.481 e. The van der Waals surface area contributed by atoms with Gasteiger partial charge in [0.25, 0.3) is 0 Å². The van der Waals surface area contributed by atoms with Crippen molar-refractivity contribution in [1.29, 1.82) is 0 Å². The summed E-state index contributed by atoms with van der Waals surface area (Å²) in [4.78, 5) is 70.4. The second-order valence-electron chi connectivity index (χ2n) is 10.8. The first-order valence-electron chi connectivity index (χ1n) is 15.2. The standard InChI is InChI=1S/C30H49NO12/c1-20(32)39-19-24-27(40-21(2)33)28(41-22(3)34)29(42-23(4)35)30(43-24)31-25(36)17-15-13-11-9-7-5-6-8-10-12-14-16-18-26(37)38/h24,27-30H,5-19H2,1-4H3,(H,31,36)(H,37,38)/t24-,27-,28+,29-,30+/m1/s1. The molecule has 0 aromatic carbocycles. The van der Waals surface area contributed by atoms with Crippen LogP contribution in [0.3, 0.4) is 0 Å². The molecule has 1 saturated heterocycles. The van der Waals surface area contributed by atoms with Crippen molar-refractivity contribution in [2.24, 2.45) is 0 Å². The van der Waals surface area contributed by atoms with Gasteiger partial charge in [0, 0.05) is 40.5 Å². The lowest BCUT2D eigenvalue weighted by atomic mass is 9.97. The second kappa shape index (κ2) is 21.5. The lowest BCUT2D eigenvalue weighted by Crippen LogP contribution is -2.66. The number of esters is 4. The predicted octanol–water partition coefficient (Wildman–Crippen LogP) is 3.73. The van der Waals surface area contributed by atoms with Gasteiger partial charge in [-0.15, -0.1) is 0 Å². The molecule has 1 heterocycles. The van der Waals surface area contributed by atoms with E-state index in [1.165, 1.54) is 6.92 Å². The fraction of sp³-hybridized carbons (Fsp3) is 0.800. The predicted molar refractivity (Wildman–Crippen MR) is 152 cm³/mol. The number of hydrogen-bond acceptors (Lipinski definition) is 11. The summed E-state index contributed by atoms with van der Waals surface area (Å²) in [6.45, 7) is 4.23. The van der Waals surface area contributed by atoms with Crippen molar-refractivity contribution < 1.29 is 57.6 Å². The minimum Gasteiger partial charge on any atom is -0.481 e. The number of ether oxygens (including phenoxy) is 5. The highest BCUT2D eigenvalue weighted by molar-refractivity contribution is 5.76. The van der Waals surface area contributed by atoms with E-state index >= 15 is 0 Å². The van der Waals surface area contributed by atoms with Crippen LogP contribution < -0.4 is 5.32 Å². The molecule has 0 aromatic rings. The van der Waals surface area contributed by atoms with Gasteiger partial charge in [-0.25, -0.2) is 0 Å². The molecule has 43 heavy (non-hydrogen) atoms. The third-order valence-electron chi connectivity index (χ3n) is 6.84. The van der Waals surface area contributed by atoms with Crippen molar-refractivity contribution >= 4 is 35.8 Å². The molecule has 0 saturated carbocycles. The maximum Gasteiger partial charge on any atom is 0.303 e. The molecule has 0 radical (unpaired) electrons. The van der Waals surface area contributed by atoms with Gasteiger partial charge in [0.1, 0.15) is 12.7 Å². The third-order valence-corrected chi connectivity index (χ3v) is 6.84. The molecule has 0 bridgehead atoms. The van der Waals surface area contributed by atoms with Gasteiger partial charge in [-0.3, -0.25) is 28.8 Å². The Morgan fingerprint density at radius 1 is 0.581 bits per heavy atom. The Bertz CT molecular complexity index is 908. The molecule has 1 rings (SSSR count). The monoisotopic (exact) mass is 615 g/mol. The third kappa shape index (κ3) is 17.5. The van der Waals surface area contributed by atoms with Gasteiger partial charge in [0.15, 0.2) is 24.5 Å². The molecule has 0 spiro atoms. The summed E-state index contributed by atoms with van der Waals surface area (Å²) in [5, 5.41) is 11.3. The Balaban J connectivity index is 2.56. The van der Waals surface area contributed by atoms with Crippen LogP contribution in [0.5, 0.6) is 0 Å². The van der Waals surface area contributed by atoms with Gasteiger partial charge >= 0.3 is 29.8 Å². The summed E-state index contributed by atoms with van der Waals surface area (Å²) in [7, 11) is 0. The number of rotatable bonds is 21. The first-order valence-corrected chi connectivity index (χ1v) is 15.2. The van der Waals surface area contributed by atoms with Gasteiger partial charge < -0.3 is 34.1 Å². The zero-order chi connectivity index (χ0) is 32.2. The van der Waals surface area contributed by atoms with Gasteiger partial charge in [-0.05, 0) is 12.8 Å². The second-order valence-corrected chi connectivity index (χ2v) is 10.8. The van der Waals surface area contributed by atoms with E-state index in [4.69, 9.17) is 28.8 Å². The van der Waals surface area contributed by atoms with Crippen molar-refractivity contribution in [2.45, 2.75) is 148 Å². The van der Waals surface area contributed by atoms with Crippen LogP contribution in [0.1, 0.15) is 118 Å². The molecule has 13 nitrogen and oxygen atoms in total. The molecule has 0 aliphatic carbocycles. The van der Waals surface area contributed by atoms with Crippen LogP contribution in [0.25, 0.3) is 0 Å². The summed E-state index contributed by atoms with van der Waals surface area (Å²) >= 11 is 0. The van der Waals surface area contributed by atoms with Crippen molar-refractivity contribution in [3.05, 3.63) is 0 Å². The van der Waals surface area contributed by atoms with Crippen LogP contribution in [-0.2, 0) is 52.5 Å². The van der Waals surface area contributed by atoms with E-state index in [1.54, 1.807) is 0 Å². The molecule has 1 aliphatic heterocycles. The quantitative estimate of drug-likeness (QED) is 0.109. The SMILES string of the molecule is CC(=O)OC[C@H]1O[C@H](NC(=O)CCCCCCCCCCCCCCC(=O)O)[C@H](OC(C)=O)[C@@H](OC(C)=O)[C@@H]1OC(C)=O. The molecular formula is C30H49NO12. The molecule has 1 amide bonds. The number of carbonyl (C=O) groups is 6. The van der Waals surface area contributed by atoms with Crippen LogP contribution >= 0.6 is 0 Å². The summed E-state index contributed by atoms with van der Waals surface area (Å²) in [6.07, 6.45) is 6.19. The number of aliphatic carboxylic acids is 1. The molecule has 0 aromatic heterocycles. The Hall–Kier alpha value is -3.22. The fourth-order valence-electron chi connectivity index (χ4n) is 4.90. The zero-order valence-electron chi connectivity index (χ0n) is 25.9. The topological polar surface area (TPSA) is 181 Å². The van der Waals surface area contributed by atoms with Crippen molar-refractivity contribution in [3.8, 4) is 0 Å². The molecule has 2 N–H and O–H groups in total. The summed E-state index contributed by atoms with van der Waals surface area (Å²) in [5.41, 5.74) is 0. The smallest absolute Gasteiger partial charge is 0.303 e. The van der Waals surface area contributed by atoms with Crippen molar-refractivity contribution in [2.75, 3.05) is 6.61 Å². The first kappa shape index (κ1) is 37.8. The van der Waals surface area contributed by atoms with E-state index in [1.807, 2.05) is 0 Å².